The summed E-state index contributed by atoms with van der Waals surface area (Å²) in [5, 5.41) is 0. The van der Waals surface area contributed by atoms with Crippen molar-refractivity contribution in [2.75, 3.05) is 21.3 Å². The summed E-state index contributed by atoms with van der Waals surface area (Å²) in [6, 6.07) is 8.80. The Morgan fingerprint density at radius 2 is 1.52 bits per heavy atom. The summed E-state index contributed by atoms with van der Waals surface area (Å²) in [7, 11) is 4.38. The molecule has 2 aromatic carbocycles. The Morgan fingerprint density at radius 3 is 2.00 bits per heavy atom. The highest BCUT2D eigenvalue weighted by atomic mass is 19.1. The van der Waals surface area contributed by atoms with E-state index in [1.165, 1.54) is 51.7 Å². The van der Waals surface area contributed by atoms with Gasteiger partial charge < -0.3 is 14.2 Å². The van der Waals surface area contributed by atoms with Gasteiger partial charge in [0.05, 0.1) is 26.9 Å². The van der Waals surface area contributed by atoms with Crippen LogP contribution in [0.25, 0.3) is 0 Å². The van der Waals surface area contributed by atoms with E-state index in [9.17, 15) is 9.18 Å². The van der Waals surface area contributed by atoms with Crippen molar-refractivity contribution in [1.29, 1.82) is 0 Å². The summed E-state index contributed by atoms with van der Waals surface area (Å²) in [5.41, 5.74) is 0.251. The second-order valence-electron chi connectivity index (χ2n) is 4.22. The molecule has 0 saturated heterocycles. The zero-order chi connectivity index (χ0) is 15.4. The van der Waals surface area contributed by atoms with Crippen molar-refractivity contribution in [1.82, 2.24) is 0 Å². The Balaban J connectivity index is 2.54. The number of benzene rings is 2. The fourth-order valence-electron chi connectivity index (χ4n) is 2.01. The Kier molecular flexibility index (Phi) is 4.42. The molecule has 0 amide bonds. The second kappa shape index (κ2) is 6.26. The van der Waals surface area contributed by atoms with Crippen LogP contribution >= 0.6 is 0 Å². The summed E-state index contributed by atoms with van der Waals surface area (Å²) >= 11 is 0. The average Bonchev–Trinajstić information content (AvgIpc) is 2.53. The number of ketones is 1. The van der Waals surface area contributed by atoms with Gasteiger partial charge >= 0.3 is 0 Å². The molecule has 2 aromatic rings. The van der Waals surface area contributed by atoms with Gasteiger partial charge in [0.2, 0.25) is 5.75 Å². The highest BCUT2D eigenvalue weighted by molar-refractivity contribution is 6.09. The zero-order valence-electron chi connectivity index (χ0n) is 12.0. The highest BCUT2D eigenvalue weighted by Crippen LogP contribution is 2.38. The molecular weight excluding hydrogens is 275 g/mol. The van der Waals surface area contributed by atoms with E-state index < -0.39 is 11.6 Å². The molecule has 0 atom stereocenters. The third-order valence-electron chi connectivity index (χ3n) is 3.05. The normalized spacial score (nSPS) is 10.1. The Hall–Kier alpha value is -2.56. The van der Waals surface area contributed by atoms with Crippen molar-refractivity contribution in [2.45, 2.75) is 0 Å². The van der Waals surface area contributed by atoms with E-state index in [2.05, 4.69) is 0 Å². The van der Waals surface area contributed by atoms with Gasteiger partial charge in [0, 0.05) is 5.56 Å². The molecule has 0 fully saturated rings. The lowest BCUT2D eigenvalue weighted by molar-refractivity contribution is 0.103. The molecule has 4 nitrogen and oxygen atoms in total. The summed E-state index contributed by atoms with van der Waals surface area (Å²) < 4.78 is 29.3. The zero-order valence-corrected chi connectivity index (χ0v) is 12.0. The van der Waals surface area contributed by atoms with E-state index in [0.29, 0.717) is 17.2 Å². The molecule has 0 saturated carbocycles. The fourth-order valence-corrected chi connectivity index (χ4v) is 2.01. The molecule has 0 aliphatic heterocycles. The largest absolute Gasteiger partial charge is 0.493 e. The standard InChI is InChI=1S/C16H15FO4/c1-19-13-8-10(9-14(20-2)16(13)21-3)15(18)11-6-4-5-7-12(11)17/h4-9H,1-3H3. The van der Waals surface area contributed by atoms with E-state index >= 15 is 0 Å². The lowest BCUT2D eigenvalue weighted by atomic mass is 10.0. The van der Waals surface area contributed by atoms with Crippen LogP contribution in [0.3, 0.4) is 0 Å². The van der Waals surface area contributed by atoms with Crippen LogP contribution < -0.4 is 14.2 Å². The molecule has 5 heteroatoms. The van der Waals surface area contributed by atoms with Crippen LogP contribution in [0.2, 0.25) is 0 Å². The van der Waals surface area contributed by atoms with Gasteiger partial charge in [-0.1, -0.05) is 12.1 Å². The molecule has 110 valence electrons. The van der Waals surface area contributed by atoms with Gasteiger partial charge in [-0.15, -0.1) is 0 Å². The van der Waals surface area contributed by atoms with Crippen LogP contribution in [0, 0.1) is 5.82 Å². The van der Waals surface area contributed by atoms with E-state index in [-0.39, 0.29) is 11.1 Å². The van der Waals surface area contributed by atoms with E-state index in [0.717, 1.165) is 0 Å². The lowest BCUT2D eigenvalue weighted by Crippen LogP contribution is -2.06. The smallest absolute Gasteiger partial charge is 0.203 e. The Labute approximate surface area is 122 Å². The molecular formula is C16H15FO4. The first-order chi connectivity index (χ1) is 10.1. The third kappa shape index (κ3) is 2.81. The quantitative estimate of drug-likeness (QED) is 0.794. The first-order valence-electron chi connectivity index (χ1n) is 6.21. The molecule has 0 aromatic heterocycles. The number of carbonyl (C=O) groups is 1. The van der Waals surface area contributed by atoms with Gasteiger partial charge in [-0.2, -0.15) is 0 Å². The van der Waals surface area contributed by atoms with Crippen molar-refractivity contribution >= 4 is 5.78 Å². The van der Waals surface area contributed by atoms with E-state index in [1.54, 1.807) is 6.07 Å². The topological polar surface area (TPSA) is 44.8 Å². The van der Waals surface area contributed by atoms with E-state index in [4.69, 9.17) is 14.2 Å². The minimum absolute atomic E-state index is 0.00762. The number of rotatable bonds is 5. The van der Waals surface area contributed by atoms with Crippen molar-refractivity contribution in [3.63, 3.8) is 0 Å². The number of hydrogen-bond donors (Lipinski definition) is 0. The van der Waals surface area contributed by atoms with Crippen molar-refractivity contribution in [3.8, 4) is 17.2 Å². The van der Waals surface area contributed by atoms with Crippen molar-refractivity contribution in [2.24, 2.45) is 0 Å². The molecule has 0 radical (unpaired) electrons. The average molecular weight is 290 g/mol. The minimum atomic E-state index is -0.573. The van der Waals surface area contributed by atoms with Crippen LogP contribution in [0.15, 0.2) is 36.4 Å². The summed E-state index contributed by atoms with van der Waals surface area (Å²) in [4.78, 5) is 12.4. The fraction of sp³-hybridized carbons (Fsp3) is 0.188. The SMILES string of the molecule is COc1cc(C(=O)c2ccccc2F)cc(OC)c1OC. The third-order valence-corrected chi connectivity index (χ3v) is 3.05. The molecule has 0 bridgehead atoms. The molecule has 0 N–H and O–H groups in total. The number of ether oxygens (including phenoxy) is 3. The van der Waals surface area contributed by atoms with Gasteiger partial charge in [-0.25, -0.2) is 4.39 Å². The van der Waals surface area contributed by atoms with E-state index in [1.807, 2.05) is 0 Å². The van der Waals surface area contributed by atoms with Crippen LogP contribution in [0.5, 0.6) is 17.2 Å². The molecule has 0 unspecified atom stereocenters. The first-order valence-corrected chi connectivity index (χ1v) is 6.21. The van der Waals surface area contributed by atoms with Gasteiger partial charge in [-0.05, 0) is 24.3 Å². The Bertz CT molecular complexity index is 642. The number of carbonyl (C=O) groups excluding carboxylic acids is 1. The monoisotopic (exact) mass is 290 g/mol. The summed E-state index contributed by atoms with van der Waals surface area (Å²) in [5.74, 6) is 0.0433. The number of hydrogen-bond acceptors (Lipinski definition) is 4. The van der Waals surface area contributed by atoms with Crippen molar-refractivity contribution < 1.29 is 23.4 Å². The van der Waals surface area contributed by atoms with Gasteiger partial charge in [-0.3, -0.25) is 4.79 Å². The van der Waals surface area contributed by atoms with Crippen LogP contribution in [0.4, 0.5) is 4.39 Å². The van der Waals surface area contributed by atoms with Crippen LogP contribution in [-0.2, 0) is 0 Å². The molecule has 0 aliphatic rings. The highest BCUT2D eigenvalue weighted by Gasteiger charge is 2.19. The van der Waals surface area contributed by atoms with Gasteiger partial charge in [0.1, 0.15) is 5.82 Å². The number of halogens is 1. The van der Waals surface area contributed by atoms with Crippen LogP contribution in [-0.4, -0.2) is 27.1 Å². The second-order valence-corrected chi connectivity index (χ2v) is 4.22. The van der Waals surface area contributed by atoms with Gasteiger partial charge in [0.25, 0.3) is 0 Å². The maximum Gasteiger partial charge on any atom is 0.203 e. The predicted molar refractivity (Wildman–Crippen MR) is 75.9 cm³/mol. The summed E-state index contributed by atoms with van der Waals surface area (Å²) in [6.45, 7) is 0. The summed E-state index contributed by atoms with van der Waals surface area (Å²) in [6.07, 6.45) is 0. The molecule has 2 rings (SSSR count). The molecule has 0 spiro atoms. The van der Waals surface area contributed by atoms with Gasteiger partial charge in [0.15, 0.2) is 17.3 Å². The molecule has 21 heavy (non-hydrogen) atoms. The maximum atomic E-state index is 13.7. The van der Waals surface area contributed by atoms with Crippen molar-refractivity contribution in [3.05, 3.63) is 53.3 Å². The molecule has 0 aliphatic carbocycles. The minimum Gasteiger partial charge on any atom is -0.493 e. The van der Waals surface area contributed by atoms with Crippen LogP contribution in [0.1, 0.15) is 15.9 Å². The maximum absolute atomic E-state index is 13.7. The predicted octanol–water partition coefficient (Wildman–Crippen LogP) is 3.08. The lowest BCUT2D eigenvalue weighted by Gasteiger charge is -2.13. The number of methoxy groups -OCH3 is 3. The first kappa shape index (κ1) is 14.8. The Morgan fingerprint density at radius 1 is 0.952 bits per heavy atom. The molecule has 0 heterocycles.